The zero-order valence-electron chi connectivity index (χ0n) is 11.3. The zero-order valence-corrected chi connectivity index (χ0v) is 12.1. The van der Waals surface area contributed by atoms with Gasteiger partial charge in [-0.05, 0) is 31.0 Å². The lowest BCUT2D eigenvalue weighted by atomic mass is 10.1. The van der Waals surface area contributed by atoms with Crippen molar-refractivity contribution in [2.45, 2.75) is 37.8 Å². The van der Waals surface area contributed by atoms with Crippen LogP contribution in [0.4, 0.5) is 5.69 Å². The lowest BCUT2D eigenvalue weighted by molar-refractivity contribution is 0.266. The highest BCUT2D eigenvalue weighted by molar-refractivity contribution is 6.31. The van der Waals surface area contributed by atoms with Gasteiger partial charge in [-0.25, -0.2) is 0 Å². The van der Waals surface area contributed by atoms with Crippen molar-refractivity contribution in [1.82, 2.24) is 4.98 Å². The second kappa shape index (κ2) is 5.64. The topological polar surface area (TPSA) is 74.1 Å². The number of halogens is 1. The summed E-state index contributed by atoms with van der Waals surface area (Å²) < 4.78 is 0. The number of aliphatic hydroxyl groups is 1. The summed E-state index contributed by atoms with van der Waals surface area (Å²) in [4.78, 5) is 3.31. The van der Waals surface area contributed by atoms with Crippen LogP contribution in [0.5, 0.6) is 0 Å². The summed E-state index contributed by atoms with van der Waals surface area (Å²) in [5.41, 5.74) is 8.75. The molecule has 1 aliphatic rings. The van der Waals surface area contributed by atoms with Crippen molar-refractivity contribution in [2.24, 2.45) is 5.73 Å². The molecule has 0 radical (unpaired) electrons. The lowest BCUT2D eigenvalue weighted by Gasteiger charge is -2.14. The summed E-state index contributed by atoms with van der Waals surface area (Å²) >= 11 is 6.20. The van der Waals surface area contributed by atoms with E-state index in [0.717, 1.165) is 22.3 Å². The van der Waals surface area contributed by atoms with Gasteiger partial charge in [-0.15, -0.1) is 0 Å². The molecule has 20 heavy (non-hydrogen) atoms. The van der Waals surface area contributed by atoms with E-state index in [1.54, 1.807) is 0 Å². The van der Waals surface area contributed by atoms with Crippen molar-refractivity contribution in [3.8, 4) is 0 Å². The average molecular weight is 294 g/mol. The Labute approximate surface area is 123 Å². The predicted octanol–water partition coefficient (Wildman–Crippen LogP) is 3.17. The number of benzene rings is 1. The molecule has 5 heteroatoms. The molecule has 0 amide bonds. The molecule has 0 aliphatic heterocycles. The van der Waals surface area contributed by atoms with Crippen molar-refractivity contribution in [3.05, 3.63) is 28.9 Å². The second-order valence-electron chi connectivity index (χ2n) is 5.56. The highest BCUT2D eigenvalue weighted by Gasteiger charge is 2.17. The maximum absolute atomic E-state index is 9.18. The molecule has 2 aromatic rings. The maximum Gasteiger partial charge on any atom is 0.0693 e. The molecule has 1 fully saturated rings. The first-order chi connectivity index (χ1) is 9.67. The Hall–Kier alpha value is -1.23. The normalized spacial score (nSPS) is 17.8. The average Bonchev–Trinajstić information content (AvgIpc) is 3.06. The molecule has 0 spiro atoms. The molecule has 5 N–H and O–H groups in total. The van der Waals surface area contributed by atoms with Gasteiger partial charge in [-0.2, -0.15) is 0 Å². The SMILES string of the molecule is N[C@H](CO)c1cc2cc(Cl)cc(NC3CCCC3)c2[nH]1. The third kappa shape index (κ3) is 2.64. The van der Waals surface area contributed by atoms with Crippen molar-refractivity contribution >= 4 is 28.2 Å². The fraction of sp³-hybridized carbons (Fsp3) is 0.467. The zero-order chi connectivity index (χ0) is 14.1. The Morgan fingerprint density at radius 2 is 2.10 bits per heavy atom. The minimum absolute atomic E-state index is 0.0774. The number of rotatable bonds is 4. The Kier molecular flexibility index (Phi) is 3.87. The van der Waals surface area contributed by atoms with Crippen LogP contribution < -0.4 is 11.1 Å². The number of aromatic amines is 1. The molecule has 1 saturated carbocycles. The monoisotopic (exact) mass is 293 g/mol. The highest BCUT2D eigenvalue weighted by Crippen LogP contribution is 2.32. The molecule has 3 rings (SSSR count). The van der Waals surface area contributed by atoms with E-state index in [0.29, 0.717) is 11.1 Å². The van der Waals surface area contributed by atoms with Gasteiger partial charge in [0, 0.05) is 22.1 Å². The minimum Gasteiger partial charge on any atom is -0.394 e. The van der Waals surface area contributed by atoms with Crippen LogP contribution in [0.25, 0.3) is 10.9 Å². The van der Waals surface area contributed by atoms with E-state index in [9.17, 15) is 5.11 Å². The molecule has 1 atom stereocenters. The fourth-order valence-corrected chi connectivity index (χ4v) is 3.16. The minimum atomic E-state index is -0.388. The van der Waals surface area contributed by atoms with Crippen LogP contribution in [0.1, 0.15) is 37.4 Å². The number of nitrogens with two attached hydrogens (primary N) is 1. The Morgan fingerprint density at radius 3 is 2.80 bits per heavy atom. The van der Waals surface area contributed by atoms with E-state index in [1.807, 2.05) is 18.2 Å². The van der Waals surface area contributed by atoms with Crippen LogP contribution in [0, 0.1) is 0 Å². The molecule has 1 heterocycles. The van der Waals surface area contributed by atoms with E-state index in [-0.39, 0.29) is 12.6 Å². The van der Waals surface area contributed by atoms with Crippen molar-refractivity contribution in [2.75, 3.05) is 11.9 Å². The van der Waals surface area contributed by atoms with Gasteiger partial charge in [0.05, 0.1) is 23.9 Å². The van der Waals surface area contributed by atoms with Gasteiger partial charge in [0.2, 0.25) is 0 Å². The van der Waals surface area contributed by atoms with E-state index < -0.39 is 0 Å². The Morgan fingerprint density at radius 1 is 1.35 bits per heavy atom. The summed E-state index contributed by atoms with van der Waals surface area (Å²) in [7, 11) is 0. The van der Waals surface area contributed by atoms with Crippen LogP contribution >= 0.6 is 11.6 Å². The molecule has 1 aromatic carbocycles. The van der Waals surface area contributed by atoms with Crippen molar-refractivity contribution in [1.29, 1.82) is 0 Å². The van der Waals surface area contributed by atoms with Crippen LogP contribution in [0.2, 0.25) is 5.02 Å². The number of nitrogens with one attached hydrogen (secondary N) is 2. The highest BCUT2D eigenvalue weighted by atomic mass is 35.5. The number of hydrogen-bond acceptors (Lipinski definition) is 3. The summed E-state index contributed by atoms with van der Waals surface area (Å²) in [6.07, 6.45) is 4.98. The number of aliphatic hydroxyl groups excluding tert-OH is 1. The van der Waals surface area contributed by atoms with Gasteiger partial charge >= 0.3 is 0 Å². The van der Waals surface area contributed by atoms with Gasteiger partial charge in [0.25, 0.3) is 0 Å². The van der Waals surface area contributed by atoms with Gasteiger partial charge in [-0.1, -0.05) is 24.4 Å². The molecule has 1 aromatic heterocycles. The number of aromatic nitrogens is 1. The van der Waals surface area contributed by atoms with Crippen molar-refractivity contribution < 1.29 is 5.11 Å². The number of hydrogen-bond donors (Lipinski definition) is 4. The van der Waals surface area contributed by atoms with E-state index in [1.165, 1.54) is 25.7 Å². The van der Waals surface area contributed by atoms with Gasteiger partial charge in [0.1, 0.15) is 0 Å². The standard InChI is InChI=1S/C15H20ClN3O/c16-10-5-9-6-13(12(17)8-20)19-15(9)14(7-10)18-11-3-1-2-4-11/h5-7,11-12,18-20H,1-4,8,17H2/t12-/m1/s1. The first-order valence-corrected chi connectivity index (χ1v) is 7.50. The van der Waals surface area contributed by atoms with Crippen molar-refractivity contribution in [3.63, 3.8) is 0 Å². The number of H-pyrrole nitrogens is 1. The molecule has 108 valence electrons. The van der Waals surface area contributed by atoms with E-state index in [4.69, 9.17) is 17.3 Å². The molecular weight excluding hydrogens is 274 g/mol. The Balaban J connectivity index is 1.98. The third-order valence-electron chi connectivity index (χ3n) is 4.02. The largest absolute Gasteiger partial charge is 0.394 e. The first kappa shape index (κ1) is 13.7. The summed E-state index contributed by atoms with van der Waals surface area (Å²) in [6, 6.07) is 5.96. The Bertz CT molecular complexity index is 604. The van der Waals surface area contributed by atoms with Crippen LogP contribution in [0.15, 0.2) is 18.2 Å². The molecule has 1 aliphatic carbocycles. The predicted molar refractivity (Wildman–Crippen MR) is 83.2 cm³/mol. The lowest BCUT2D eigenvalue weighted by Crippen LogP contribution is -2.15. The fourth-order valence-electron chi connectivity index (χ4n) is 2.93. The van der Waals surface area contributed by atoms with E-state index >= 15 is 0 Å². The van der Waals surface area contributed by atoms with Crippen LogP contribution in [-0.4, -0.2) is 22.7 Å². The van der Waals surface area contributed by atoms with Gasteiger partial charge < -0.3 is 21.1 Å². The third-order valence-corrected chi connectivity index (χ3v) is 4.24. The van der Waals surface area contributed by atoms with Crippen LogP contribution in [0.3, 0.4) is 0 Å². The molecule has 0 saturated heterocycles. The maximum atomic E-state index is 9.18. The van der Waals surface area contributed by atoms with Crippen LogP contribution in [-0.2, 0) is 0 Å². The molecule has 0 unspecified atom stereocenters. The summed E-state index contributed by atoms with van der Waals surface area (Å²) in [5, 5.41) is 14.5. The summed E-state index contributed by atoms with van der Waals surface area (Å²) in [6.45, 7) is -0.0774. The number of anilines is 1. The first-order valence-electron chi connectivity index (χ1n) is 7.12. The smallest absolute Gasteiger partial charge is 0.0693 e. The number of fused-ring (bicyclic) bond motifs is 1. The second-order valence-corrected chi connectivity index (χ2v) is 5.99. The quantitative estimate of drug-likeness (QED) is 0.699. The summed E-state index contributed by atoms with van der Waals surface area (Å²) in [5.74, 6) is 0. The molecular formula is C15H20ClN3O. The van der Waals surface area contributed by atoms with Gasteiger partial charge in [0.15, 0.2) is 0 Å². The molecule has 4 nitrogen and oxygen atoms in total. The molecule has 0 bridgehead atoms. The van der Waals surface area contributed by atoms with E-state index in [2.05, 4.69) is 10.3 Å². The van der Waals surface area contributed by atoms with Gasteiger partial charge in [-0.3, -0.25) is 0 Å².